The predicted octanol–water partition coefficient (Wildman–Crippen LogP) is 1.65. The Labute approximate surface area is 170 Å². The van der Waals surface area contributed by atoms with E-state index in [1.165, 1.54) is 28.6 Å². The van der Waals surface area contributed by atoms with Crippen molar-refractivity contribution in [1.82, 2.24) is 24.0 Å². The Morgan fingerprint density at radius 1 is 1.14 bits per heavy atom. The van der Waals surface area contributed by atoms with Crippen molar-refractivity contribution in [3.8, 4) is 6.07 Å². The molecule has 0 bridgehead atoms. The highest BCUT2D eigenvalue weighted by molar-refractivity contribution is 7.89. The monoisotopic (exact) mass is 410 g/mol. The summed E-state index contributed by atoms with van der Waals surface area (Å²) in [7, 11) is -1.66. The third-order valence-corrected chi connectivity index (χ3v) is 7.19. The Morgan fingerprint density at radius 2 is 1.83 bits per heavy atom. The van der Waals surface area contributed by atoms with Crippen LogP contribution in [0.5, 0.6) is 0 Å². The van der Waals surface area contributed by atoms with Crippen LogP contribution in [0.25, 0.3) is 11.0 Å². The van der Waals surface area contributed by atoms with Crippen LogP contribution in [0.4, 0.5) is 0 Å². The van der Waals surface area contributed by atoms with E-state index in [1.54, 1.807) is 4.68 Å². The number of piperazine rings is 1. The summed E-state index contributed by atoms with van der Waals surface area (Å²) < 4.78 is 29.0. The van der Waals surface area contributed by atoms with Crippen LogP contribution in [0.1, 0.15) is 16.8 Å². The highest BCUT2D eigenvalue weighted by atomic mass is 32.2. The average Bonchev–Trinajstić information content (AvgIpc) is 3.01. The second-order valence-electron chi connectivity index (χ2n) is 7.24. The zero-order chi connectivity index (χ0) is 20.6. The van der Waals surface area contributed by atoms with Crippen molar-refractivity contribution >= 4 is 21.1 Å². The Kier molecular flexibility index (Phi) is 5.08. The molecule has 1 aliphatic rings. The van der Waals surface area contributed by atoms with Crippen LogP contribution in [-0.2, 0) is 23.6 Å². The van der Waals surface area contributed by atoms with Gasteiger partial charge in [0, 0.05) is 51.4 Å². The quantitative estimate of drug-likeness (QED) is 0.649. The van der Waals surface area contributed by atoms with Crippen molar-refractivity contribution in [1.29, 1.82) is 5.26 Å². The van der Waals surface area contributed by atoms with E-state index in [-0.39, 0.29) is 4.90 Å². The van der Waals surface area contributed by atoms with E-state index in [0.29, 0.717) is 31.7 Å². The highest BCUT2D eigenvalue weighted by Crippen LogP contribution is 2.21. The maximum atomic E-state index is 12.8. The van der Waals surface area contributed by atoms with Crippen molar-refractivity contribution in [2.24, 2.45) is 7.05 Å². The van der Waals surface area contributed by atoms with Crippen molar-refractivity contribution < 1.29 is 8.42 Å². The lowest BCUT2D eigenvalue weighted by Gasteiger charge is -2.34. The van der Waals surface area contributed by atoms with Gasteiger partial charge in [-0.1, -0.05) is 0 Å². The molecule has 0 aliphatic carbocycles. The number of pyridine rings is 1. The van der Waals surface area contributed by atoms with Crippen LogP contribution in [0.2, 0.25) is 0 Å². The Hall–Kier alpha value is -2.80. The average molecular weight is 411 g/mol. The number of nitrogens with zero attached hydrogens (tertiary/aromatic N) is 6. The molecule has 0 atom stereocenters. The van der Waals surface area contributed by atoms with Gasteiger partial charge in [0.2, 0.25) is 10.0 Å². The van der Waals surface area contributed by atoms with Gasteiger partial charge in [-0.3, -0.25) is 9.58 Å². The van der Waals surface area contributed by atoms with Crippen molar-refractivity contribution in [2.75, 3.05) is 26.2 Å². The summed E-state index contributed by atoms with van der Waals surface area (Å²) in [4.78, 5) is 6.98. The molecule has 2 aromatic heterocycles. The van der Waals surface area contributed by atoms with Gasteiger partial charge in [0.1, 0.15) is 0 Å². The maximum Gasteiger partial charge on any atom is 0.243 e. The molecule has 9 heteroatoms. The first kappa shape index (κ1) is 19.5. The minimum absolute atomic E-state index is 0.228. The molecule has 0 amide bonds. The first-order valence-electron chi connectivity index (χ1n) is 9.39. The van der Waals surface area contributed by atoms with E-state index in [2.05, 4.69) is 21.0 Å². The number of aryl methyl sites for hydroxylation is 2. The number of fused-ring (bicyclic) bond motifs is 1. The summed E-state index contributed by atoms with van der Waals surface area (Å²) in [6.07, 6.45) is 1.86. The van der Waals surface area contributed by atoms with Crippen LogP contribution >= 0.6 is 0 Å². The fourth-order valence-electron chi connectivity index (χ4n) is 3.67. The number of hydrogen-bond acceptors (Lipinski definition) is 6. The van der Waals surface area contributed by atoms with Gasteiger partial charge in [0.05, 0.1) is 22.2 Å². The van der Waals surface area contributed by atoms with Crippen LogP contribution in [-0.4, -0.2) is 58.6 Å². The molecule has 0 N–H and O–H groups in total. The zero-order valence-corrected chi connectivity index (χ0v) is 17.2. The number of aromatic nitrogens is 3. The van der Waals surface area contributed by atoms with Gasteiger partial charge >= 0.3 is 0 Å². The second-order valence-corrected chi connectivity index (χ2v) is 9.18. The van der Waals surface area contributed by atoms with Crippen molar-refractivity contribution in [3.05, 3.63) is 53.3 Å². The molecule has 1 aliphatic heterocycles. The van der Waals surface area contributed by atoms with Gasteiger partial charge in [-0.05, 0) is 42.8 Å². The van der Waals surface area contributed by atoms with Crippen molar-refractivity contribution in [2.45, 2.75) is 18.4 Å². The Bertz CT molecular complexity index is 1190. The molecule has 1 saturated heterocycles. The van der Waals surface area contributed by atoms with Crippen LogP contribution in [0, 0.1) is 18.3 Å². The van der Waals surface area contributed by atoms with Gasteiger partial charge in [0.15, 0.2) is 5.65 Å². The topological polar surface area (TPSA) is 95.1 Å². The SMILES string of the molecule is Cc1nn(C)c2ncc(CN3CCN(S(=O)(=O)c4ccc(C#N)cc4)CC3)cc12. The molecular weight excluding hydrogens is 388 g/mol. The molecule has 4 rings (SSSR count). The van der Waals surface area contributed by atoms with Gasteiger partial charge in [0.25, 0.3) is 0 Å². The van der Waals surface area contributed by atoms with Crippen LogP contribution in [0.3, 0.4) is 0 Å². The highest BCUT2D eigenvalue weighted by Gasteiger charge is 2.28. The molecule has 0 saturated carbocycles. The second kappa shape index (κ2) is 7.55. The number of sulfonamides is 1. The molecule has 3 aromatic rings. The van der Waals surface area contributed by atoms with Crippen molar-refractivity contribution in [3.63, 3.8) is 0 Å². The van der Waals surface area contributed by atoms with Crippen LogP contribution in [0.15, 0.2) is 41.4 Å². The van der Waals surface area contributed by atoms with E-state index >= 15 is 0 Å². The molecule has 0 unspecified atom stereocenters. The number of benzene rings is 1. The van der Waals surface area contributed by atoms with Gasteiger partial charge in [-0.15, -0.1) is 0 Å². The molecule has 0 spiro atoms. The summed E-state index contributed by atoms with van der Waals surface area (Å²) in [6, 6.07) is 10.2. The summed E-state index contributed by atoms with van der Waals surface area (Å²) in [5.41, 5.74) is 3.36. The minimum Gasteiger partial charge on any atom is -0.296 e. The third kappa shape index (κ3) is 3.74. The van der Waals surface area contributed by atoms with Gasteiger partial charge < -0.3 is 0 Å². The van der Waals surface area contributed by atoms with Gasteiger partial charge in [-0.25, -0.2) is 13.4 Å². The first-order valence-corrected chi connectivity index (χ1v) is 10.8. The molecule has 29 heavy (non-hydrogen) atoms. The summed E-state index contributed by atoms with van der Waals surface area (Å²) in [5.74, 6) is 0. The number of nitriles is 1. The van der Waals surface area contributed by atoms with E-state index in [9.17, 15) is 8.42 Å². The minimum atomic E-state index is -3.54. The van der Waals surface area contributed by atoms with Gasteiger partial charge in [-0.2, -0.15) is 14.7 Å². The third-order valence-electron chi connectivity index (χ3n) is 5.28. The molecule has 1 aromatic carbocycles. The Balaban J connectivity index is 1.42. The molecule has 150 valence electrons. The number of hydrogen-bond donors (Lipinski definition) is 0. The zero-order valence-electron chi connectivity index (χ0n) is 16.4. The molecule has 8 nitrogen and oxygen atoms in total. The maximum absolute atomic E-state index is 12.8. The Morgan fingerprint density at radius 3 is 2.48 bits per heavy atom. The summed E-state index contributed by atoms with van der Waals surface area (Å²) in [6.45, 7) is 4.87. The lowest BCUT2D eigenvalue weighted by molar-refractivity contribution is 0.181. The smallest absolute Gasteiger partial charge is 0.243 e. The normalized spacial score (nSPS) is 16.2. The van der Waals surface area contributed by atoms with Crippen LogP contribution < -0.4 is 0 Å². The predicted molar refractivity (Wildman–Crippen MR) is 108 cm³/mol. The van der Waals surface area contributed by atoms with E-state index in [1.807, 2.05) is 26.2 Å². The van der Waals surface area contributed by atoms with E-state index in [0.717, 1.165) is 28.8 Å². The largest absolute Gasteiger partial charge is 0.296 e. The lowest BCUT2D eigenvalue weighted by atomic mass is 10.2. The molecule has 3 heterocycles. The molecule has 1 fully saturated rings. The van der Waals surface area contributed by atoms with E-state index < -0.39 is 10.0 Å². The number of rotatable bonds is 4. The fraction of sp³-hybridized carbons (Fsp3) is 0.350. The molecule has 0 radical (unpaired) electrons. The summed E-state index contributed by atoms with van der Waals surface area (Å²) in [5, 5.41) is 14.3. The fourth-order valence-corrected chi connectivity index (χ4v) is 5.10. The van der Waals surface area contributed by atoms with E-state index in [4.69, 9.17) is 5.26 Å². The first-order chi connectivity index (χ1) is 13.9. The lowest BCUT2D eigenvalue weighted by Crippen LogP contribution is -2.48. The summed E-state index contributed by atoms with van der Waals surface area (Å²) >= 11 is 0. The molecular formula is C20H22N6O2S. The standard InChI is InChI=1S/C20H22N6O2S/c1-15-19-11-17(13-22-20(19)24(2)23-15)14-25-7-9-26(10-8-25)29(27,28)18-5-3-16(12-21)4-6-18/h3-6,11,13H,7-10,14H2,1-2H3.